The van der Waals surface area contributed by atoms with Crippen LogP contribution in [-0.2, 0) is 4.79 Å². The lowest BCUT2D eigenvalue weighted by Gasteiger charge is -2.09. The molecule has 0 saturated heterocycles. The monoisotopic (exact) mass is 115 g/mol. The molecule has 0 aliphatic rings. The number of likely N-dealkylation sites (N-methyl/N-ethyl adjacent to an activating group) is 1. The van der Waals surface area contributed by atoms with Gasteiger partial charge >= 0.3 is 0 Å². The quantitative estimate of drug-likeness (QED) is 0.512. The van der Waals surface area contributed by atoms with Crippen LogP contribution in [0.15, 0.2) is 0 Å². The van der Waals surface area contributed by atoms with Crippen molar-refractivity contribution in [2.24, 2.45) is 5.73 Å². The predicted molar refractivity (Wildman–Crippen MR) is 32.2 cm³/mol. The van der Waals surface area contributed by atoms with Crippen molar-refractivity contribution in [3.63, 3.8) is 0 Å². The first-order chi connectivity index (χ1) is 3.66. The van der Waals surface area contributed by atoms with Gasteiger partial charge in [-0.2, -0.15) is 0 Å². The summed E-state index contributed by atoms with van der Waals surface area (Å²) >= 11 is 0. The standard InChI is InChI=1S/C5H11N2O/c1-7(2)3-5(6)4-8/h5H,3,6H2,1-2H3. The molecular weight excluding hydrogens is 104 g/mol. The Bertz CT molecular complexity index is 72.8. The van der Waals surface area contributed by atoms with Gasteiger partial charge in [0.15, 0.2) is 0 Å². The molecular formula is C5H11N2O. The highest BCUT2D eigenvalue weighted by Crippen LogP contribution is 1.75. The van der Waals surface area contributed by atoms with Crippen molar-refractivity contribution >= 4 is 6.29 Å². The molecule has 0 aliphatic carbocycles. The molecule has 0 bridgehead atoms. The molecule has 47 valence electrons. The fourth-order valence-electron chi connectivity index (χ4n) is 0.431. The van der Waals surface area contributed by atoms with Crippen LogP contribution in [-0.4, -0.2) is 37.9 Å². The lowest BCUT2D eigenvalue weighted by atomic mass is 10.3. The zero-order valence-corrected chi connectivity index (χ0v) is 5.22. The Hall–Kier alpha value is -0.410. The van der Waals surface area contributed by atoms with Gasteiger partial charge in [0.05, 0.1) is 6.04 Å². The van der Waals surface area contributed by atoms with Crippen LogP contribution in [0.3, 0.4) is 0 Å². The smallest absolute Gasteiger partial charge is 0.218 e. The summed E-state index contributed by atoms with van der Waals surface area (Å²) in [4.78, 5) is 11.6. The van der Waals surface area contributed by atoms with E-state index in [4.69, 9.17) is 5.73 Å². The van der Waals surface area contributed by atoms with Gasteiger partial charge in [-0.05, 0) is 14.1 Å². The minimum absolute atomic E-state index is 0.454. The Labute approximate surface area is 49.5 Å². The van der Waals surface area contributed by atoms with Gasteiger partial charge in [0, 0.05) is 6.54 Å². The third-order valence-electron chi connectivity index (χ3n) is 0.713. The van der Waals surface area contributed by atoms with E-state index in [0.717, 1.165) is 0 Å². The average molecular weight is 115 g/mol. The Morgan fingerprint density at radius 2 is 2.25 bits per heavy atom. The van der Waals surface area contributed by atoms with Gasteiger partial charge in [0.2, 0.25) is 6.29 Å². The van der Waals surface area contributed by atoms with Crippen LogP contribution in [0.25, 0.3) is 0 Å². The minimum atomic E-state index is -0.454. The van der Waals surface area contributed by atoms with Crippen LogP contribution in [0.5, 0.6) is 0 Å². The molecule has 1 radical (unpaired) electrons. The second kappa shape index (κ2) is 3.57. The molecule has 0 fully saturated rings. The Kier molecular flexibility index (Phi) is 3.39. The highest BCUT2D eigenvalue weighted by Gasteiger charge is 2.00. The summed E-state index contributed by atoms with van der Waals surface area (Å²) in [6.45, 7) is 0.573. The summed E-state index contributed by atoms with van der Waals surface area (Å²) in [5.41, 5.74) is 5.21. The molecule has 2 N–H and O–H groups in total. The number of hydrogen-bond donors (Lipinski definition) is 1. The van der Waals surface area contributed by atoms with Crippen molar-refractivity contribution in [2.75, 3.05) is 20.6 Å². The number of nitrogens with zero attached hydrogens (tertiary/aromatic N) is 1. The third-order valence-corrected chi connectivity index (χ3v) is 0.713. The molecule has 0 aromatic rings. The van der Waals surface area contributed by atoms with Crippen LogP contribution in [0.2, 0.25) is 0 Å². The number of nitrogens with two attached hydrogens (primary N) is 1. The Morgan fingerprint density at radius 3 is 2.38 bits per heavy atom. The molecule has 0 aliphatic heterocycles. The second-order valence-corrected chi connectivity index (χ2v) is 1.99. The van der Waals surface area contributed by atoms with Gasteiger partial charge in [0.1, 0.15) is 0 Å². The lowest BCUT2D eigenvalue weighted by Crippen LogP contribution is -2.34. The van der Waals surface area contributed by atoms with E-state index in [1.54, 1.807) is 6.29 Å². The summed E-state index contributed by atoms with van der Waals surface area (Å²) in [5.74, 6) is 0. The van der Waals surface area contributed by atoms with E-state index in [2.05, 4.69) is 0 Å². The molecule has 1 atom stereocenters. The molecule has 0 aromatic carbocycles. The number of rotatable bonds is 3. The molecule has 8 heavy (non-hydrogen) atoms. The maximum absolute atomic E-state index is 9.76. The van der Waals surface area contributed by atoms with Gasteiger partial charge in [-0.25, -0.2) is 0 Å². The summed E-state index contributed by atoms with van der Waals surface area (Å²) in [7, 11) is 3.72. The van der Waals surface area contributed by atoms with Crippen LogP contribution >= 0.6 is 0 Å². The molecule has 3 nitrogen and oxygen atoms in total. The van der Waals surface area contributed by atoms with E-state index in [0.29, 0.717) is 6.54 Å². The van der Waals surface area contributed by atoms with Crippen molar-refractivity contribution < 1.29 is 4.79 Å². The highest BCUT2D eigenvalue weighted by atomic mass is 16.1. The summed E-state index contributed by atoms with van der Waals surface area (Å²) in [6.07, 6.45) is 1.68. The van der Waals surface area contributed by atoms with Crippen LogP contribution in [0.1, 0.15) is 0 Å². The van der Waals surface area contributed by atoms with Gasteiger partial charge < -0.3 is 10.6 Å². The molecule has 3 heteroatoms. The minimum Gasteiger partial charge on any atom is -0.320 e. The molecule has 0 heterocycles. The maximum atomic E-state index is 9.76. The molecule has 0 amide bonds. The van der Waals surface area contributed by atoms with Gasteiger partial charge in [-0.3, -0.25) is 4.79 Å². The fraction of sp³-hybridized carbons (Fsp3) is 0.800. The number of hydrogen-bond acceptors (Lipinski definition) is 3. The average Bonchev–Trinajstić information content (AvgIpc) is 1.65. The van der Waals surface area contributed by atoms with E-state index in [1.807, 2.05) is 19.0 Å². The first-order valence-corrected chi connectivity index (χ1v) is 2.45. The molecule has 0 spiro atoms. The van der Waals surface area contributed by atoms with Crippen LogP contribution in [0, 0.1) is 0 Å². The third kappa shape index (κ3) is 3.77. The topological polar surface area (TPSA) is 46.3 Å². The van der Waals surface area contributed by atoms with Gasteiger partial charge in [-0.1, -0.05) is 0 Å². The van der Waals surface area contributed by atoms with E-state index in [9.17, 15) is 4.79 Å². The summed E-state index contributed by atoms with van der Waals surface area (Å²) in [6, 6.07) is -0.454. The van der Waals surface area contributed by atoms with E-state index >= 15 is 0 Å². The van der Waals surface area contributed by atoms with Crippen molar-refractivity contribution in [1.82, 2.24) is 4.90 Å². The summed E-state index contributed by atoms with van der Waals surface area (Å²) < 4.78 is 0. The molecule has 0 rings (SSSR count). The number of carbonyl (C=O) groups excluding carboxylic acids is 1. The first kappa shape index (κ1) is 7.59. The largest absolute Gasteiger partial charge is 0.320 e. The SMILES string of the molecule is CN(C)CC(N)[C]=O. The zero-order chi connectivity index (χ0) is 6.57. The van der Waals surface area contributed by atoms with E-state index in [1.165, 1.54) is 0 Å². The molecule has 0 saturated carbocycles. The normalized spacial score (nSPS) is 14.0. The molecule has 0 aromatic heterocycles. The van der Waals surface area contributed by atoms with Crippen molar-refractivity contribution in [2.45, 2.75) is 6.04 Å². The Balaban J connectivity index is 3.23. The zero-order valence-electron chi connectivity index (χ0n) is 5.22. The second-order valence-electron chi connectivity index (χ2n) is 1.99. The van der Waals surface area contributed by atoms with E-state index in [-0.39, 0.29) is 0 Å². The van der Waals surface area contributed by atoms with Crippen molar-refractivity contribution in [1.29, 1.82) is 0 Å². The van der Waals surface area contributed by atoms with Crippen LogP contribution < -0.4 is 5.73 Å². The van der Waals surface area contributed by atoms with Crippen molar-refractivity contribution in [3.05, 3.63) is 0 Å². The lowest BCUT2D eigenvalue weighted by molar-refractivity contribution is 0.395. The Morgan fingerprint density at radius 1 is 1.75 bits per heavy atom. The van der Waals surface area contributed by atoms with Gasteiger partial charge in [0.25, 0.3) is 0 Å². The first-order valence-electron chi connectivity index (χ1n) is 2.45. The van der Waals surface area contributed by atoms with Crippen molar-refractivity contribution in [3.8, 4) is 0 Å². The molecule has 1 unspecified atom stereocenters. The summed E-state index contributed by atoms with van der Waals surface area (Å²) in [5, 5.41) is 0. The van der Waals surface area contributed by atoms with Crippen LogP contribution in [0.4, 0.5) is 0 Å². The van der Waals surface area contributed by atoms with Gasteiger partial charge in [-0.15, -0.1) is 0 Å². The maximum Gasteiger partial charge on any atom is 0.218 e. The van der Waals surface area contributed by atoms with E-state index < -0.39 is 6.04 Å². The fourth-order valence-corrected chi connectivity index (χ4v) is 0.431. The highest BCUT2D eigenvalue weighted by molar-refractivity contribution is 5.58. The predicted octanol–water partition coefficient (Wildman–Crippen LogP) is -1.01.